The molecule has 8 heteroatoms. The summed E-state index contributed by atoms with van der Waals surface area (Å²) in [6.45, 7) is 1.40. The normalized spacial score (nSPS) is 11.5. The fourth-order valence-corrected chi connectivity index (χ4v) is 3.10. The summed E-state index contributed by atoms with van der Waals surface area (Å²) in [7, 11) is 1.45. The van der Waals surface area contributed by atoms with Crippen LogP contribution in [-0.4, -0.2) is 31.4 Å². The predicted octanol–water partition coefficient (Wildman–Crippen LogP) is 2.54. The number of hydrogen-bond acceptors (Lipinski definition) is 5. The van der Waals surface area contributed by atoms with Crippen LogP contribution in [0.1, 0.15) is 24.3 Å². The van der Waals surface area contributed by atoms with Gasteiger partial charge in [-0.15, -0.1) is 11.3 Å². The fraction of sp³-hybridized carbons (Fsp3) is 0.278. The summed E-state index contributed by atoms with van der Waals surface area (Å²) in [6.07, 6.45) is 0.131. The van der Waals surface area contributed by atoms with Gasteiger partial charge in [0, 0.05) is 30.3 Å². The molecule has 0 aliphatic carbocycles. The van der Waals surface area contributed by atoms with E-state index < -0.39 is 0 Å². The van der Waals surface area contributed by atoms with E-state index in [-0.39, 0.29) is 36.8 Å². The number of anilines is 2. The van der Waals surface area contributed by atoms with Crippen molar-refractivity contribution in [2.75, 3.05) is 24.4 Å². The first-order chi connectivity index (χ1) is 12.5. The lowest BCUT2D eigenvalue weighted by atomic mass is 10.1. The van der Waals surface area contributed by atoms with Gasteiger partial charge >= 0.3 is 0 Å². The van der Waals surface area contributed by atoms with Crippen LogP contribution in [0.15, 0.2) is 41.8 Å². The summed E-state index contributed by atoms with van der Waals surface area (Å²) >= 11 is 1.49. The predicted molar refractivity (Wildman–Crippen MR) is 101 cm³/mol. The van der Waals surface area contributed by atoms with Crippen LogP contribution in [0.4, 0.5) is 11.4 Å². The van der Waals surface area contributed by atoms with Gasteiger partial charge in [0.05, 0.1) is 12.5 Å². The standard InChI is InChI=1S/C18H21N3O4S/c1-12(22)19-15(16-4-3-9-26-16)10-17(23)20-13-5-7-14(8-6-13)21-18(24)11-25-2/h3-9,15H,10-11H2,1-2H3,(H,19,22)(H,20,23)(H,21,24). The van der Waals surface area contributed by atoms with Crippen LogP contribution >= 0.6 is 11.3 Å². The summed E-state index contributed by atoms with van der Waals surface area (Å²) in [5.74, 6) is -0.654. The van der Waals surface area contributed by atoms with E-state index in [1.165, 1.54) is 25.4 Å². The molecule has 7 nitrogen and oxygen atoms in total. The van der Waals surface area contributed by atoms with E-state index in [2.05, 4.69) is 16.0 Å². The molecule has 0 saturated carbocycles. The van der Waals surface area contributed by atoms with E-state index in [1.807, 2.05) is 17.5 Å². The third-order valence-corrected chi connectivity index (χ3v) is 4.37. The molecule has 0 aliphatic rings. The highest BCUT2D eigenvalue weighted by Crippen LogP contribution is 2.23. The molecule has 1 aromatic carbocycles. The van der Waals surface area contributed by atoms with Crippen molar-refractivity contribution in [1.82, 2.24) is 5.32 Å². The van der Waals surface area contributed by atoms with Crippen LogP contribution in [0.2, 0.25) is 0 Å². The maximum Gasteiger partial charge on any atom is 0.250 e. The van der Waals surface area contributed by atoms with Crippen molar-refractivity contribution in [1.29, 1.82) is 0 Å². The molecule has 138 valence electrons. The van der Waals surface area contributed by atoms with Crippen molar-refractivity contribution < 1.29 is 19.1 Å². The summed E-state index contributed by atoms with van der Waals surface area (Å²) in [5, 5.41) is 10.2. The van der Waals surface area contributed by atoms with Gasteiger partial charge in [-0.3, -0.25) is 14.4 Å². The van der Waals surface area contributed by atoms with E-state index in [9.17, 15) is 14.4 Å². The molecule has 0 bridgehead atoms. The zero-order valence-corrected chi connectivity index (χ0v) is 15.4. The number of thiophene rings is 1. The Labute approximate surface area is 155 Å². The number of hydrogen-bond donors (Lipinski definition) is 3. The second kappa shape index (κ2) is 9.69. The topological polar surface area (TPSA) is 96.5 Å². The molecular formula is C18H21N3O4S. The first kappa shape index (κ1) is 19.6. The molecule has 0 spiro atoms. The maximum absolute atomic E-state index is 12.3. The summed E-state index contributed by atoms with van der Waals surface area (Å²) in [6, 6.07) is 10.2. The Morgan fingerprint density at radius 2 is 1.65 bits per heavy atom. The monoisotopic (exact) mass is 375 g/mol. The first-order valence-electron chi connectivity index (χ1n) is 7.97. The first-order valence-corrected chi connectivity index (χ1v) is 8.85. The molecule has 2 aromatic rings. The molecule has 3 N–H and O–H groups in total. The minimum absolute atomic E-state index is 0.0221. The van der Waals surface area contributed by atoms with E-state index in [0.29, 0.717) is 11.4 Å². The highest BCUT2D eigenvalue weighted by Gasteiger charge is 2.18. The van der Waals surface area contributed by atoms with Crippen molar-refractivity contribution >= 4 is 40.4 Å². The highest BCUT2D eigenvalue weighted by atomic mass is 32.1. The second-order valence-corrected chi connectivity index (χ2v) is 6.56. The number of amides is 3. The number of benzene rings is 1. The Kier molecular flexibility index (Phi) is 7.31. The molecule has 1 unspecified atom stereocenters. The number of methoxy groups -OCH3 is 1. The van der Waals surface area contributed by atoms with E-state index >= 15 is 0 Å². The smallest absolute Gasteiger partial charge is 0.250 e. The molecule has 3 amide bonds. The van der Waals surface area contributed by atoms with Crippen molar-refractivity contribution in [3.05, 3.63) is 46.7 Å². The third kappa shape index (κ3) is 6.30. The van der Waals surface area contributed by atoms with Crippen LogP contribution in [0.25, 0.3) is 0 Å². The van der Waals surface area contributed by atoms with Crippen LogP contribution < -0.4 is 16.0 Å². The van der Waals surface area contributed by atoms with Crippen molar-refractivity contribution in [3.63, 3.8) is 0 Å². The van der Waals surface area contributed by atoms with Gasteiger partial charge in [0.2, 0.25) is 17.7 Å². The van der Waals surface area contributed by atoms with Gasteiger partial charge < -0.3 is 20.7 Å². The summed E-state index contributed by atoms with van der Waals surface area (Å²) in [4.78, 5) is 36.1. The molecule has 0 radical (unpaired) electrons. The van der Waals surface area contributed by atoms with E-state index in [4.69, 9.17) is 4.74 Å². The molecule has 0 fully saturated rings. The lowest BCUT2D eigenvalue weighted by Gasteiger charge is -2.16. The Hall–Kier alpha value is -2.71. The Bertz CT molecular complexity index is 744. The van der Waals surface area contributed by atoms with Gasteiger partial charge in [0.1, 0.15) is 6.61 Å². The summed E-state index contributed by atoms with van der Waals surface area (Å²) < 4.78 is 4.75. The quantitative estimate of drug-likeness (QED) is 0.661. The number of carbonyl (C=O) groups excluding carboxylic acids is 3. The molecule has 2 rings (SSSR count). The van der Waals surface area contributed by atoms with E-state index in [0.717, 1.165) is 4.88 Å². The Balaban J connectivity index is 1.93. The average Bonchev–Trinajstić information content (AvgIpc) is 3.10. The van der Waals surface area contributed by atoms with Crippen LogP contribution in [0.5, 0.6) is 0 Å². The maximum atomic E-state index is 12.3. The molecule has 0 saturated heterocycles. The van der Waals surface area contributed by atoms with Crippen molar-refractivity contribution in [2.45, 2.75) is 19.4 Å². The molecule has 0 aliphatic heterocycles. The van der Waals surface area contributed by atoms with Gasteiger partial charge in [-0.1, -0.05) is 6.07 Å². The SMILES string of the molecule is COCC(=O)Nc1ccc(NC(=O)CC(NC(C)=O)c2cccs2)cc1. The van der Waals surface area contributed by atoms with E-state index in [1.54, 1.807) is 24.3 Å². The van der Waals surface area contributed by atoms with Crippen LogP contribution in [0.3, 0.4) is 0 Å². The number of carbonyl (C=O) groups is 3. The second-order valence-electron chi connectivity index (χ2n) is 5.58. The molecular weight excluding hydrogens is 354 g/mol. The number of ether oxygens (including phenoxy) is 1. The number of nitrogens with one attached hydrogen (secondary N) is 3. The molecule has 26 heavy (non-hydrogen) atoms. The largest absolute Gasteiger partial charge is 0.375 e. The van der Waals surface area contributed by atoms with Gasteiger partial charge in [-0.25, -0.2) is 0 Å². The zero-order valence-electron chi connectivity index (χ0n) is 14.6. The van der Waals surface area contributed by atoms with Gasteiger partial charge in [0.25, 0.3) is 0 Å². The Morgan fingerprint density at radius 3 is 2.15 bits per heavy atom. The van der Waals surface area contributed by atoms with Crippen LogP contribution in [-0.2, 0) is 19.1 Å². The average molecular weight is 375 g/mol. The molecule has 1 heterocycles. The van der Waals surface area contributed by atoms with Gasteiger partial charge in [-0.2, -0.15) is 0 Å². The lowest BCUT2D eigenvalue weighted by Crippen LogP contribution is -2.29. The van der Waals surface area contributed by atoms with Gasteiger partial charge in [-0.05, 0) is 35.7 Å². The third-order valence-electron chi connectivity index (χ3n) is 3.38. The minimum Gasteiger partial charge on any atom is -0.375 e. The zero-order chi connectivity index (χ0) is 18.9. The van der Waals surface area contributed by atoms with Crippen LogP contribution in [0, 0.1) is 0 Å². The van der Waals surface area contributed by atoms with Crippen molar-refractivity contribution in [3.8, 4) is 0 Å². The Morgan fingerprint density at radius 1 is 1.04 bits per heavy atom. The molecule has 1 atom stereocenters. The molecule has 1 aromatic heterocycles. The van der Waals surface area contributed by atoms with Gasteiger partial charge in [0.15, 0.2) is 0 Å². The summed E-state index contributed by atoms with van der Waals surface area (Å²) in [5.41, 5.74) is 1.22. The fourth-order valence-electron chi connectivity index (χ4n) is 2.32. The highest BCUT2D eigenvalue weighted by molar-refractivity contribution is 7.10. The number of rotatable bonds is 8. The van der Waals surface area contributed by atoms with Crippen molar-refractivity contribution in [2.24, 2.45) is 0 Å². The minimum atomic E-state index is -0.361. The lowest BCUT2D eigenvalue weighted by molar-refractivity contribution is -0.121.